The maximum absolute atomic E-state index is 13.6. The van der Waals surface area contributed by atoms with Gasteiger partial charge in [0.1, 0.15) is 5.82 Å². The Kier molecular flexibility index (Phi) is 4.02. The number of rotatable bonds is 2. The zero-order valence-electron chi connectivity index (χ0n) is 10.0. The Bertz CT molecular complexity index is 675. The van der Waals surface area contributed by atoms with Crippen molar-refractivity contribution in [2.24, 2.45) is 0 Å². The van der Waals surface area contributed by atoms with Crippen molar-refractivity contribution in [2.75, 3.05) is 0 Å². The molecule has 0 N–H and O–H groups in total. The summed E-state index contributed by atoms with van der Waals surface area (Å²) in [6.45, 7) is 1.65. The van der Waals surface area contributed by atoms with Crippen LogP contribution < -0.4 is 0 Å². The van der Waals surface area contributed by atoms with Crippen LogP contribution in [0.15, 0.2) is 28.1 Å². The van der Waals surface area contributed by atoms with Crippen molar-refractivity contribution in [3.05, 3.63) is 55.4 Å². The highest BCUT2D eigenvalue weighted by atomic mass is 79.9. The Labute approximate surface area is 124 Å². The van der Waals surface area contributed by atoms with Crippen LogP contribution in [-0.2, 0) is 6.18 Å². The van der Waals surface area contributed by atoms with E-state index in [0.29, 0.717) is 26.9 Å². The third-order valence-corrected chi connectivity index (χ3v) is 4.22. The van der Waals surface area contributed by atoms with E-state index in [1.54, 1.807) is 6.92 Å². The van der Waals surface area contributed by atoms with E-state index in [-0.39, 0.29) is 5.56 Å². The molecule has 0 unspecified atom stereocenters. The van der Waals surface area contributed by atoms with Crippen LogP contribution >= 0.6 is 27.3 Å². The minimum Gasteiger partial charge on any atom is -0.288 e. The van der Waals surface area contributed by atoms with Gasteiger partial charge in [-0.1, -0.05) is 0 Å². The van der Waals surface area contributed by atoms with E-state index in [1.807, 2.05) is 0 Å². The summed E-state index contributed by atoms with van der Waals surface area (Å²) >= 11 is 4.44. The molecular weight excluding hydrogens is 360 g/mol. The molecule has 0 aliphatic rings. The van der Waals surface area contributed by atoms with Crippen LogP contribution in [0.2, 0.25) is 0 Å². The molecule has 7 heteroatoms. The van der Waals surface area contributed by atoms with Crippen LogP contribution in [0.5, 0.6) is 0 Å². The maximum atomic E-state index is 13.6. The minimum absolute atomic E-state index is 0.195. The Hall–Kier alpha value is -1.21. The summed E-state index contributed by atoms with van der Waals surface area (Å²) in [4.78, 5) is 12.8. The molecule has 0 radical (unpaired) electrons. The predicted octanol–water partition coefficient (Wildman–Crippen LogP) is 5.21. The lowest BCUT2D eigenvalue weighted by atomic mass is 10.0. The molecule has 0 atom stereocenters. The zero-order valence-corrected chi connectivity index (χ0v) is 12.4. The molecule has 0 spiro atoms. The summed E-state index contributed by atoms with van der Waals surface area (Å²) < 4.78 is 52.1. The molecule has 1 heterocycles. The lowest BCUT2D eigenvalue weighted by Crippen LogP contribution is -2.10. The number of ketones is 1. The van der Waals surface area contributed by atoms with Gasteiger partial charge in [0, 0.05) is 10.4 Å². The van der Waals surface area contributed by atoms with Crippen LogP contribution in [-0.4, -0.2) is 5.78 Å². The summed E-state index contributed by atoms with van der Waals surface area (Å²) in [5.74, 6) is -1.72. The normalized spacial score (nSPS) is 11.7. The Balaban J connectivity index is 2.52. The smallest absolute Gasteiger partial charge is 0.288 e. The van der Waals surface area contributed by atoms with E-state index < -0.39 is 28.9 Å². The molecule has 2 rings (SSSR count). The van der Waals surface area contributed by atoms with Gasteiger partial charge in [-0.2, -0.15) is 13.2 Å². The predicted molar refractivity (Wildman–Crippen MR) is 71.6 cm³/mol. The molecule has 0 fully saturated rings. The summed E-state index contributed by atoms with van der Waals surface area (Å²) in [5.41, 5.74) is -1.43. The molecule has 0 aliphatic heterocycles. The second kappa shape index (κ2) is 5.29. The maximum Gasteiger partial charge on any atom is 0.416 e. The molecule has 106 valence electrons. The Morgan fingerprint density at radius 1 is 1.20 bits per heavy atom. The SMILES string of the molecule is Cc1sc(Br)cc1C(=O)c1cc(C(F)(F)F)ccc1F. The number of thiophene rings is 1. The molecule has 2 aromatic rings. The largest absolute Gasteiger partial charge is 0.416 e. The first kappa shape index (κ1) is 15.2. The van der Waals surface area contributed by atoms with Crippen LogP contribution in [0.25, 0.3) is 0 Å². The number of carbonyl (C=O) groups is 1. The average molecular weight is 367 g/mol. The Morgan fingerprint density at radius 2 is 1.85 bits per heavy atom. The number of hydrogen-bond acceptors (Lipinski definition) is 2. The van der Waals surface area contributed by atoms with Gasteiger partial charge in [-0.25, -0.2) is 4.39 Å². The van der Waals surface area contributed by atoms with Crippen molar-refractivity contribution in [1.29, 1.82) is 0 Å². The topological polar surface area (TPSA) is 17.1 Å². The van der Waals surface area contributed by atoms with E-state index in [1.165, 1.54) is 17.4 Å². The van der Waals surface area contributed by atoms with Crippen LogP contribution in [0.3, 0.4) is 0 Å². The van der Waals surface area contributed by atoms with Gasteiger partial charge in [-0.05, 0) is 47.1 Å². The van der Waals surface area contributed by atoms with Gasteiger partial charge in [0.25, 0.3) is 0 Å². The van der Waals surface area contributed by atoms with E-state index >= 15 is 0 Å². The van der Waals surface area contributed by atoms with Gasteiger partial charge in [0.05, 0.1) is 14.9 Å². The molecule has 0 saturated carbocycles. The number of hydrogen-bond donors (Lipinski definition) is 0. The van der Waals surface area contributed by atoms with Crippen LogP contribution in [0, 0.1) is 12.7 Å². The summed E-state index contributed by atoms with van der Waals surface area (Å²) in [6, 6.07) is 3.29. The first-order valence-corrected chi connectivity index (χ1v) is 6.98. The molecule has 1 aromatic heterocycles. The number of benzene rings is 1. The van der Waals surface area contributed by atoms with E-state index in [2.05, 4.69) is 15.9 Å². The fraction of sp³-hybridized carbons (Fsp3) is 0.154. The first-order chi connectivity index (χ1) is 9.20. The number of halogens is 5. The van der Waals surface area contributed by atoms with Crippen LogP contribution in [0.4, 0.5) is 17.6 Å². The standard InChI is InChI=1S/C13H7BrF4OS/c1-6-8(5-11(14)20-6)12(19)9-4-7(13(16,17)18)2-3-10(9)15/h2-5H,1H3. The van der Waals surface area contributed by atoms with E-state index in [0.717, 1.165) is 0 Å². The monoisotopic (exact) mass is 366 g/mol. The van der Waals surface area contributed by atoms with Crippen molar-refractivity contribution >= 4 is 33.0 Å². The molecular formula is C13H7BrF4OS. The fourth-order valence-electron chi connectivity index (χ4n) is 1.69. The lowest BCUT2D eigenvalue weighted by molar-refractivity contribution is -0.137. The lowest BCUT2D eigenvalue weighted by Gasteiger charge is -2.09. The van der Waals surface area contributed by atoms with Gasteiger partial charge in [-0.3, -0.25) is 4.79 Å². The quantitative estimate of drug-likeness (QED) is 0.526. The molecule has 20 heavy (non-hydrogen) atoms. The van der Waals surface area contributed by atoms with E-state index in [9.17, 15) is 22.4 Å². The minimum atomic E-state index is -4.62. The number of alkyl halides is 3. The van der Waals surface area contributed by atoms with Gasteiger partial charge < -0.3 is 0 Å². The molecule has 1 nitrogen and oxygen atoms in total. The van der Waals surface area contributed by atoms with Crippen molar-refractivity contribution in [3.8, 4) is 0 Å². The van der Waals surface area contributed by atoms with Gasteiger partial charge in [0.15, 0.2) is 5.78 Å². The summed E-state index contributed by atoms with van der Waals surface area (Å²) in [5, 5.41) is 0. The second-order valence-electron chi connectivity index (χ2n) is 4.04. The highest BCUT2D eigenvalue weighted by Crippen LogP contribution is 2.32. The highest BCUT2D eigenvalue weighted by molar-refractivity contribution is 9.11. The number of carbonyl (C=O) groups excluding carboxylic acids is 1. The van der Waals surface area contributed by atoms with Crippen LogP contribution in [0.1, 0.15) is 26.4 Å². The highest BCUT2D eigenvalue weighted by Gasteiger charge is 2.32. The molecule has 0 saturated heterocycles. The van der Waals surface area contributed by atoms with Gasteiger partial charge in [-0.15, -0.1) is 11.3 Å². The summed E-state index contributed by atoms with van der Waals surface area (Å²) in [6.07, 6.45) is -4.62. The fourth-order valence-corrected chi connectivity index (χ4v) is 3.38. The molecule has 1 aromatic carbocycles. The average Bonchev–Trinajstić information content (AvgIpc) is 2.66. The van der Waals surface area contributed by atoms with E-state index in [4.69, 9.17) is 0 Å². The second-order valence-corrected chi connectivity index (χ2v) is 6.68. The third-order valence-electron chi connectivity index (χ3n) is 2.67. The number of aryl methyl sites for hydroxylation is 1. The van der Waals surface area contributed by atoms with Crippen molar-refractivity contribution in [1.82, 2.24) is 0 Å². The molecule has 0 aliphatic carbocycles. The molecule has 0 bridgehead atoms. The zero-order chi connectivity index (χ0) is 15.1. The first-order valence-electron chi connectivity index (χ1n) is 5.37. The van der Waals surface area contributed by atoms with Crippen molar-refractivity contribution in [3.63, 3.8) is 0 Å². The van der Waals surface area contributed by atoms with Crippen molar-refractivity contribution < 1.29 is 22.4 Å². The van der Waals surface area contributed by atoms with Gasteiger partial charge >= 0.3 is 6.18 Å². The van der Waals surface area contributed by atoms with Crippen molar-refractivity contribution in [2.45, 2.75) is 13.1 Å². The Morgan fingerprint density at radius 3 is 2.35 bits per heavy atom. The van der Waals surface area contributed by atoms with Gasteiger partial charge in [0.2, 0.25) is 0 Å². The molecule has 0 amide bonds. The summed E-state index contributed by atoms with van der Waals surface area (Å²) in [7, 11) is 0. The third kappa shape index (κ3) is 2.93.